The fourth-order valence-corrected chi connectivity index (χ4v) is 2.54. The van der Waals surface area contributed by atoms with Crippen LogP contribution in [0, 0.1) is 11.8 Å². The molecule has 0 aromatic heterocycles. The lowest BCUT2D eigenvalue weighted by atomic mass is 10.0. The molecule has 1 aliphatic heterocycles. The Balaban J connectivity index is 2.02. The molecule has 2 bridgehead atoms. The van der Waals surface area contributed by atoms with Crippen LogP contribution in [0.5, 0.6) is 0 Å². The van der Waals surface area contributed by atoms with Crippen LogP contribution in [-0.4, -0.2) is 12.2 Å². The van der Waals surface area contributed by atoms with E-state index in [-0.39, 0.29) is 0 Å². The van der Waals surface area contributed by atoms with Crippen LogP contribution in [0.3, 0.4) is 0 Å². The van der Waals surface area contributed by atoms with Crippen LogP contribution in [-0.2, 0) is 4.74 Å². The number of epoxide rings is 1. The van der Waals surface area contributed by atoms with E-state index in [4.69, 9.17) is 4.74 Å². The van der Waals surface area contributed by atoms with Crippen molar-refractivity contribution in [3.8, 4) is 0 Å². The van der Waals surface area contributed by atoms with Crippen molar-refractivity contribution in [3.63, 3.8) is 0 Å². The van der Waals surface area contributed by atoms with Gasteiger partial charge in [0.1, 0.15) is 0 Å². The molecule has 2 aliphatic carbocycles. The SMILES string of the molecule is C1C[C@H]2C[C@@H]1[C@@H]1O[C@@H]21. The van der Waals surface area contributed by atoms with Crippen LogP contribution >= 0.6 is 0 Å². The number of hydrogen-bond donors (Lipinski definition) is 0. The van der Waals surface area contributed by atoms with E-state index in [1.807, 2.05) is 0 Å². The summed E-state index contributed by atoms with van der Waals surface area (Å²) in [4.78, 5) is 0. The molecule has 0 unspecified atom stereocenters. The predicted molar refractivity (Wildman–Crippen MR) is 29.5 cm³/mol. The first-order valence-electron chi connectivity index (χ1n) is 3.60. The zero-order valence-electron chi connectivity index (χ0n) is 4.84. The van der Waals surface area contributed by atoms with Gasteiger partial charge in [0, 0.05) is 0 Å². The Bertz CT molecular complexity index is 118. The molecule has 0 N–H and O–H groups in total. The lowest BCUT2D eigenvalue weighted by Crippen LogP contribution is -2.04. The van der Waals surface area contributed by atoms with Gasteiger partial charge in [-0.1, -0.05) is 0 Å². The summed E-state index contributed by atoms with van der Waals surface area (Å²) in [6.45, 7) is 0. The van der Waals surface area contributed by atoms with E-state index in [0.717, 1.165) is 24.0 Å². The molecule has 0 radical (unpaired) electrons. The van der Waals surface area contributed by atoms with E-state index in [9.17, 15) is 0 Å². The summed E-state index contributed by atoms with van der Waals surface area (Å²) in [7, 11) is 0. The summed E-state index contributed by atoms with van der Waals surface area (Å²) in [5.74, 6) is 1.98. The topological polar surface area (TPSA) is 12.5 Å². The molecule has 2 saturated carbocycles. The average molecular weight is 110 g/mol. The van der Waals surface area contributed by atoms with Gasteiger partial charge in [0.25, 0.3) is 0 Å². The van der Waals surface area contributed by atoms with E-state index in [2.05, 4.69) is 0 Å². The molecular weight excluding hydrogens is 100 g/mol. The van der Waals surface area contributed by atoms with Crippen molar-refractivity contribution in [3.05, 3.63) is 0 Å². The van der Waals surface area contributed by atoms with Crippen LogP contribution in [0.1, 0.15) is 19.3 Å². The number of rotatable bonds is 0. The van der Waals surface area contributed by atoms with Crippen molar-refractivity contribution >= 4 is 0 Å². The molecule has 8 heavy (non-hydrogen) atoms. The summed E-state index contributed by atoms with van der Waals surface area (Å²) in [6.07, 6.45) is 5.91. The summed E-state index contributed by atoms with van der Waals surface area (Å²) >= 11 is 0. The second-order valence-electron chi connectivity index (χ2n) is 3.40. The van der Waals surface area contributed by atoms with Crippen molar-refractivity contribution in [1.82, 2.24) is 0 Å². The van der Waals surface area contributed by atoms with Crippen LogP contribution in [0.2, 0.25) is 0 Å². The molecule has 1 heteroatoms. The zero-order valence-corrected chi connectivity index (χ0v) is 4.84. The standard InChI is InChI=1S/C7H10O/c1-2-5-3-4(1)6-7(5)8-6/h4-7H,1-3H2/t4-,5+,6-,7-/m0/s1. The van der Waals surface area contributed by atoms with Crippen LogP contribution in [0.25, 0.3) is 0 Å². The summed E-state index contributed by atoms with van der Waals surface area (Å²) < 4.78 is 5.44. The second kappa shape index (κ2) is 0.971. The van der Waals surface area contributed by atoms with Crippen LogP contribution in [0.15, 0.2) is 0 Å². The minimum atomic E-state index is 0.744. The van der Waals surface area contributed by atoms with Gasteiger partial charge >= 0.3 is 0 Å². The number of hydrogen-bond acceptors (Lipinski definition) is 1. The second-order valence-corrected chi connectivity index (χ2v) is 3.40. The smallest absolute Gasteiger partial charge is 0.0872 e. The van der Waals surface area contributed by atoms with E-state index < -0.39 is 0 Å². The highest BCUT2D eigenvalue weighted by Crippen LogP contribution is 2.55. The van der Waals surface area contributed by atoms with Gasteiger partial charge in [0.05, 0.1) is 12.2 Å². The first-order valence-corrected chi connectivity index (χ1v) is 3.60. The molecule has 0 aromatic rings. The lowest BCUT2D eigenvalue weighted by molar-refractivity contribution is 0.264. The zero-order chi connectivity index (χ0) is 5.14. The first-order chi connectivity index (χ1) is 3.95. The number of ether oxygens (including phenoxy) is 1. The summed E-state index contributed by atoms with van der Waals surface area (Å²) in [5.41, 5.74) is 0. The fraction of sp³-hybridized carbons (Fsp3) is 1.00. The van der Waals surface area contributed by atoms with Crippen LogP contribution < -0.4 is 0 Å². The van der Waals surface area contributed by atoms with E-state index in [1.165, 1.54) is 19.3 Å². The van der Waals surface area contributed by atoms with Crippen molar-refractivity contribution in [2.24, 2.45) is 11.8 Å². The van der Waals surface area contributed by atoms with Gasteiger partial charge < -0.3 is 4.74 Å². The first kappa shape index (κ1) is 3.89. The lowest BCUT2D eigenvalue weighted by Gasteiger charge is -1.99. The monoisotopic (exact) mass is 110 g/mol. The van der Waals surface area contributed by atoms with Gasteiger partial charge in [0.15, 0.2) is 0 Å². The maximum absolute atomic E-state index is 5.44. The molecule has 44 valence electrons. The van der Waals surface area contributed by atoms with Gasteiger partial charge in [-0.25, -0.2) is 0 Å². The molecule has 4 atom stereocenters. The van der Waals surface area contributed by atoms with Crippen molar-refractivity contribution in [2.45, 2.75) is 31.5 Å². The van der Waals surface area contributed by atoms with Gasteiger partial charge in [-0.05, 0) is 31.1 Å². The van der Waals surface area contributed by atoms with Gasteiger partial charge in [-0.15, -0.1) is 0 Å². The van der Waals surface area contributed by atoms with Crippen molar-refractivity contribution < 1.29 is 4.74 Å². The molecule has 1 heterocycles. The Labute approximate surface area is 49.0 Å². The van der Waals surface area contributed by atoms with Gasteiger partial charge in [0.2, 0.25) is 0 Å². The molecule has 0 amide bonds. The van der Waals surface area contributed by atoms with Crippen molar-refractivity contribution in [2.75, 3.05) is 0 Å². The Kier molecular flexibility index (Phi) is 0.472. The Morgan fingerprint density at radius 3 is 2.00 bits per heavy atom. The third kappa shape index (κ3) is 0.278. The maximum atomic E-state index is 5.44. The average Bonchev–Trinajstić information content (AvgIpc) is 2.39. The Morgan fingerprint density at radius 1 is 1.00 bits per heavy atom. The molecule has 1 saturated heterocycles. The molecule has 3 fully saturated rings. The predicted octanol–water partition coefficient (Wildman–Crippen LogP) is 1.18. The minimum Gasteiger partial charge on any atom is -0.369 e. The van der Waals surface area contributed by atoms with Gasteiger partial charge in [-0.3, -0.25) is 0 Å². The largest absolute Gasteiger partial charge is 0.369 e. The van der Waals surface area contributed by atoms with E-state index >= 15 is 0 Å². The highest BCUT2D eigenvalue weighted by molar-refractivity contribution is 5.07. The third-order valence-corrected chi connectivity index (χ3v) is 3.00. The van der Waals surface area contributed by atoms with E-state index in [0.29, 0.717) is 0 Å². The van der Waals surface area contributed by atoms with Crippen molar-refractivity contribution in [1.29, 1.82) is 0 Å². The molecule has 0 aromatic carbocycles. The number of fused-ring (bicyclic) bond motifs is 5. The van der Waals surface area contributed by atoms with Crippen LogP contribution in [0.4, 0.5) is 0 Å². The highest BCUT2D eigenvalue weighted by Gasteiger charge is 2.59. The highest BCUT2D eigenvalue weighted by atomic mass is 16.6. The molecule has 1 nitrogen and oxygen atoms in total. The molecule has 3 aliphatic rings. The molecule has 0 spiro atoms. The molecule has 3 rings (SSSR count). The molecular formula is C7H10O. The quantitative estimate of drug-likeness (QED) is 0.427. The normalized spacial score (nSPS) is 66.0. The maximum Gasteiger partial charge on any atom is 0.0872 e. The minimum absolute atomic E-state index is 0.744. The van der Waals surface area contributed by atoms with Gasteiger partial charge in [-0.2, -0.15) is 0 Å². The third-order valence-electron chi connectivity index (χ3n) is 3.00. The Hall–Kier alpha value is -0.0400. The van der Waals surface area contributed by atoms with E-state index in [1.54, 1.807) is 0 Å². The fourth-order valence-electron chi connectivity index (χ4n) is 2.54. The summed E-state index contributed by atoms with van der Waals surface area (Å²) in [5, 5.41) is 0. The summed E-state index contributed by atoms with van der Waals surface area (Å²) in [6, 6.07) is 0. The Morgan fingerprint density at radius 2 is 1.62 bits per heavy atom.